The van der Waals surface area contributed by atoms with E-state index in [0.717, 1.165) is 23.1 Å². The highest BCUT2D eigenvalue weighted by molar-refractivity contribution is 9.10. The number of carbonyl (C=O) groups excluding carboxylic acids is 1. The number of amides is 1. The zero-order valence-corrected chi connectivity index (χ0v) is 10.6. The molecule has 0 aliphatic carbocycles. The van der Waals surface area contributed by atoms with Gasteiger partial charge in [-0.1, -0.05) is 6.92 Å². The number of halogens is 1. The third kappa shape index (κ3) is 2.41. The standard InChI is InChI=1S/C11H14BrN3O/c1-7-2-5-14-10(7)11(16)15-9-3-4-13-6-8(9)12/h3-4,6-7,10,14H,2,5H2,1H3,(H,13,15,16). The van der Waals surface area contributed by atoms with Crippen LogP contribution in [0.4, 0.5) is 5.69 Å². The van der Waals surface area contributed by atoms with E-state index in [-0.39, 0.29) is 11.9 Å². The lowest BCUT2D eigenvalue weighted by Crippen LogP contribution is -2.39. The van der Waals surface area contributed by atoms with E-state index < -0.39 is 0 Å². The molecule has 16 heavy (non-hydrogen) atoms. The second-order valence-electron chi connectivity index (χ2n) is 4.04. The SMILES string of the molecule is CC1CCNC1C(=O)Nc1ccncc1Br. The van der Waals surface area contributed by atoms with Crippen LogP contribution in [0, 0.1) is 5.92 Å². The molecule has 1 amide bonds. The summed E-state index contributed by atoms with van der Waals surface area (Å²) in [5.74, 6) is 0.414. The van der Waals surface area contributed by atoms with Gasteiger partial charge in [0.25, 0.3) is 0 Å². The predicted octanol–water partition coefficient (Wildman–Crippen LogP) is 1.78. The highest BCUT2D eigenvalue weighted by Crippen LogP contribution is 2.22. The number of rotatable bonds is 2. The largest absolute Gasteiger partial charge is 0.324 e. The topological polar surface area (TPSA) is 54.0 Å². The molecule has 0 bridgehead atoms. The van der Waals surface area contributed by atoms with Crippen LogP contribution in [0.25, 0.3) is 0 Å². The maximum absolute atomic E-state index is 12.0. The van der Waals surface area contributed by atoms with Gasteiger partial charge in [-0.3, -0.25) is 9.78 Å². The van der Waals surface area contributed by atoms with Gasteiger partial charge in [0.05, 0.1) is 16.2 Å². The minimum absolute atomic E-state index is 0.0249. The summed E-state index contributed by atoms with van der Waals surface area (Å²) in [5, 5.41) is 6.10. The van der Waals surface area contributed by atoms with E-state index in [1.807, 2.05) is 0 Å². The number of nitrogens with one attached hydrogen (secondary N) is 2. The molecule has 1 aromatic rings. The summed E-state index contributed by atoms with van der Waals surface area (Å²) in [7, 11) is 0. The van der Waals surface area contributed by atoms with E-state index in [2.05, 4.69) is 38.5 Å². The first-order valence-corrected chi connectivity index (χ1v) is 6.11. The Balaban J connectivity index is 2.05. The van der Waals surface area contributed by atoms with Gasteiger partial charge in [0.2, 0.25) is 5.91 Å². The van der Waals surface area contributed by atoms with Gasteiger partial charge in [0.15, 0.2) is 0 Å². The van der Waals surface area contributed by atoms with E-state index in [0.29, 0.717) is 5.92 Å². The molecule has 2 rings (SSSR count). The lowest BCUT2D eigenvalue weighted by molar-refractivity contribution is -0.118. The molecular weight excluding hydrogens is 270 g/mol. The molecule has 4 nitrogen and oxygen atoms in total. The number of aromatic nitrogens is 1. The zero-order chi connectivity index (χ0) is 11.5. The fraction of sp³-hybridized carbons (Fsp3) is 0.455. The highest BCUT2D eigenvalue weighted by atomic mass is 79.9. The number of anilines is 1. The van der Waals surface area contributed by atoms with Crippen molar-refractivity contribution < 1.29 is 4.79 Å². The Bertz CT molecular complexity index is 397. The molecule has 2 unspecified atom stereocenters. The van der Waals surface area contributed by atoms with Crippen molar-refractivity contribution in [2.75, 3.05) is 11.9 Å². The minimum atomic E-state index is -0.0833. The molecule has 1 aliphatic heterocycles. The molecule has 0 spiro atoms. The van der Waals surface area contributed by atoms with Gasteiger partial charge >= 0.3 is 0 Å². The third-order valence-electron chi connectivity index (χ3n) is 2.85. The molecule has 2 atom stereocenters. The van der Waals surface area contributed by atoms with Gasteiger partial charge in [-0.05, 0) is 40.9 Å². The summed E-state index contributed by atoms with van der Waals surface area (Å²) >= 11 is 3.35. The van der Waals surface area contributed by atoms with Gasteiger partial charge in [0, 0.05) is 12.4 Å². The second kappa shape index (κ2) is 4.93. The van der Waals surface area contributed by atoms with Gasteiger partial charge in [0.1, 0.15) is 0 Å². The normalized spacial score (nSPS) is 24.4. The van der Waals surface area contributed by atoms with Crippen molar-refractivity contribution in [3.8, 4) is 0 Å². The molecule has 1 aromatic heterocycles. The predicted molar refractivity (Wildman–Crippen MR) is 66.1 cm³/mol. The molecule has 1 aliphatic rings. The highest BCUT2D eigenvalue weighted by Gasteiger charge is 2.29. The molecule has 5 heteroatoms. The lowest BCUT2D eigenvalue weighted by atomic mass is 10.0. The lowest BCUT2D eigenvalue weighted by Gasteiger charge is -2.15. The second-order valence-corrected chi connectivity index (χ2v) is 4.90. The fourth-order valence-electron chi connectivity index (χ4n) is 1.87. The Labute approximate surface area is 103 Å². The number of carbonyl (C=O) groups is 1. The van der Waals surface area contributed by atoms with E-state index in [1.54, 1.807) is 18.5 Å². The zero-order valence-electron chi connectivity index (χ0n) is 9.03. The first kappa shape index (κ1) is 11.5. The van der Waals surface area contributed by atoms with Crippen molar-refractivity contribution in [3.05, 3.63) is 22.9 Å². The van der Waals surface area contributed by atoms with E-state index in [1.165, 1.54) is 0 Å². The van der Waals surface area contributed by atoms with Gasteiger partial charge in [-0.2, -0.15) is 0 Å². The monoisotopic (exact) mass is 283 g/mol. The van der Waals surface area contributed by atoms with Crippen molar-refractivity contribution in [2.45, 2.75) is 19.4 Å². The van der Waals surface area contributed by atoms with Gasteiger partial charge in [-0.25, -0.2) is 0 Å². The first-order valence-electron chi connectivity index (χ1n) is 5.32. The van der Waals surface area contributed by atoms with Crippen LogP contribution in [0.1, 0.15) is 13.3 Å². The van der Waals surface area contributed by atoms with Crippen molar-refractivity contribution in [1.82, 2.24) is 10.3 Å². The average molecular weight is 284 g/mol. The smallest absolute Gasteiger partial charge is 0.241 e. The molecule has 0 saturated carbocycles. The van der Waals surface area contributed by atoms with Crippen molar-refractivity contribution in [1.29, 1.82) is 0 Å². The van der Waals surface area contributed by atoms with Gasteiger partial charge in [-0.15, -0.1) is 0 Å². The van der Waals surface area contributed by atoms with E-state index in [4.69, 9.17) is 0 Å². The summed E-state index contributed by atoms with van der Waals surface area (Å²) in [6.07, 6.45) is 4.38. The quantitative estimate of drug-likeness (QED) is 0.870. The van der Waals surface area contributed by atoms with Crippen LogP contribution in [0.2, 0.25) is 0 Å². The van der Waals surface area contributed by atoms with Crippen molar-refractivity contribution in [2.24, 2.45) is 5.92 Å². The number of nitrogens with zero attached hydrogens (tertiary/aromatic N) is 1. The summed E-state index contributed by atoms with van der Waals surface area (Å²) in [6.45, 7) is 3.00. The maximum atomic E-state index is 12.0. The number of hydrogen-bond donors (Lipinski definition) is 2. The molecule has 1 saturated heterocycles. The Kier molecular flexibility index (Phi) is 3.56. The van der Waals surface area contributed by atoms with Crippen molar-refractivity contribution >= 4 is 27.5 Å². The molecular formula is C11H14BrN3O. The molecule has 0 aromatic carbocycles. The van der Waals surface area contributed by atoms with Crippen LogP contribution in [0.3, 0.4) is 0 Å². The van der Waals surface area contributed by atoms with Crippen LogP contribution in [-0.4, -0.2) is 23.5 Å². The van der Waals surface area contributed by atoms with Crippen molar-refractivity contribution in [3.63, 3.8) is 0 Å². The van der Waals surface area contributed by atoms with Gasteiger partial charge < -0.3 is 10.6 Å². The molecule has 1 fully saturated rings. The average Bonchev–Trinajstić information content (AvgIpc) is 2.68. The molecule has 0 radical (unpaired) electrons. The fourth-order valence-corrected chi connectivity index (χ4v) is 2.22. The molecule has 2 heterocycles. The van der Waals surface area contributed by atoms with E-state index in [9.17, 15) is 4.79 Å². The Morgan fingerprint density at radius 3 is 3.12 bits per heavy atom. The number of hydrogen-bond acceptors (Lipinski definition) is 3. The van der Waals surface area contributed by atoms with Crippen LogP contribution in [0.15, 0.2) is 22.9 Å². The summed E-state index contributed by atoms with van der Waals surface area (Å²) in [5.41, 5.74) is 0.765. The summed E-state index contributed by atoms with van der Waals surface area (Å²) in [4.78, 5) is 15.9. The van der Waals surface area contributed by atoms with Crippen LogP contribution in [-0.2, 0) is 4.79 Å². The third-order valence-corrected chi connectivity index (χ3v) is 3.48. The van der Waals surface area contributed by atoms with Crippen LogP contribution >= 0.6 is 15.9 Å². The van der Waals surface area contributed by atoms with E-state index >= 15 is 0 Å². The maximum Gasteiger partial charge on any atom is 0.241 e. The summed E-state index contributed by atoms with van der Waals surface area (Å²) < 4.78 is 0.800. The van der Waals surface area contributed by atoms with Crippen LogP contribution in [0.5, 0.6) is 0 Å². The Morgan fingerprint density at radius 1 is 1.69 bits per heavy atom. The minimum Gasteiger partial charge on any atom is -0.324 e. The Morgan fingerprint density at radius 2 is 2.50 bits per heavy atom. The molecule has 2 N–H and O–H groups in total. The van der Waals surface area contributed by atoms with Crippen LogP contribution < -0.4 is 10.6 Å². The first-order chi connectivity index (χ1) is 7.68. The Hall–Kier alpha value is -0.940. The number of pyridine rings is 1. The molecule has 86 valence electrons. The summed E-state index contributed by atoms with van der Waals surface area (Å²) in [6, 6.07) is 1.70.